The fourth-order valence-corrected chi connectivity index (χ4v) is 3.19. The third-order valence-corrected chi connectivity index (χ3v) is 4.67. The van der Waals surface area contributed by atoms with Crippen molar-refractivity contribution in [3.8, 4) is 5.75 Å². The molecule has 0 saturated carbocycles. The van der Waals surface area contributed by atoms with Crippen molar-refractivity contribution >= 4 is 11.6 Å². The van der Waals surface area contributed by atoms with Gasteiger partial charge in [-0.15, -0.1) is 0 Å². The minimum Gasteiger partial charge on any atom is -0.497 e. The molecule has 0 N–H and O–H groups in total. The molecule has 0 radical (unpaired) electrons. The first kappa shape index (κ1) is 16.4. The molecule has 0 bridgehead atoms. The van der Waals surface area contributed by atoms with Gasteiger partial charge < -0.3 is 14.5 Å². The van der Waals surface area contributed by atoms with Crippen molar-refractivity contribution < 1.29 is 9.53 Å². The Morgan fingerprint density at radius 2 is 1.92 bits per heavy atom. The van der Waals surface area contributed by atoms with Crippen molar-refractivity contribution in [2.45, 2.75) is 12.3 Å². The lowest BCUT2D eigenvalue weighted by atomic mass is 9.98. The number of methoxy groups -OCH3 is 1. The van der Waals surface area contributed by atoms with Crippen LogP contribution in [-0.2, 0) is 0 Å². The summed E-state index contributed by atoms with van der Waals surface area (Å²) in [4.78, 5) is 16.8. The molecule has 126 valence electrons. The smallest absolute Gasteiger partial charge is 0.253 e. The molecule has 1 atom stereocenters. The minimum absolute atomic E-state index is 0.120. The molecule has 1 aliphatic rings. The molecule has 4 heteroatoms. The third kappa shape index (κ3) is 3.37. The van der Waals surface area contributed by atoms with Crippen LogP contribution >= 0.6 is 0 Å². The van der Waals surface area contributed by atoms with Crippen LogP contribution < -0.4 is 9.64 Å². The van der Waals surface area contributed by atoms with E-state index in [4.69, 9.17) is 4.74 Å². The molecule has 1 heterocycles. The van der Waals surface area contributed by atoms with E-state index in [0.717, 1.165) is 36.5 Å². The summed E-state index contributed by atoms with van der Waals surface area (Å²) >= 11 is 0. The zero-order chi connectivity index (χ0) is 17.1. The number of hydrogen-bond acceptors (Lipinski definition) is 3. The zero-order valence-corrected chi connectivity index (χ0v) is 14.5. The van der Waals surface area contributed by atoms with E-state index in [2.05, 4.69) is 12.1 Å². The van der Waals surface area contributed by atoms with Crippen LogP contribution in [0.25, 0.3) is 0 Å². The van der Waals surface area contributed by atoms with Gasteiger partial charge in [0.2, 0.25) is 0 Å². The number of hydrogen-bond donors (Lipinski definition) is 0. The maximum atomic E-state index is 12.8. The number of amides is 1. The number of benzene rings is 2. The fourth-order valence-electron chi connectivity index (χ4n) is 3.19. The molecular formula is C20H24N2O2. The van der Waals surface area contributed by atoms with Gasteiger partial charge in [-0.25, -0.2) is 0 Å². The van der Waals surface area contributed by atoms with Gasteiger partial charge in [-0.05, 0) is 42.3 Å². The SMILES string of the molecule is COc1ccc(C2CCN(C(=O)c3cccc(N(C)C)c3)C2)cc1. The van der Waals surface area contributed by atoms with Crippen LogP contribution in [0, 0.1) is 0 Å². The first-order valence-corrected chi connectivity index (χ1v) is 8.29. The Balaban J connectivity index is 1.70. The Hall–Kier alpha value is -2.49. The highest BCUT2D eigenvalue weighted by Crippen LogP contribution is 2.29. The zero-order valence-electron chi connectivity index (χ0n) is 14.5. The van der Waals surface area contributed by atoms with E-state index in [1.807, 2.05) is 60.3 Å². The maximum absolute atomic E-state index is 12.8. The lowest BCUT2D eigenvalue weighted by molar-refractivity contribution is 0.0791. The topological polar surface area (TPSA) is 32.8 Å². The van der Waals surface area contributed by atoms with Gasteiger partial charge in [0.15, 0.2) is 0 Å². The van der Waals surface area contributed by atoms with Crippen molar-refractivity contribution in [3.63, 3.8) is 0 Å². The molecule has 0 aliphatic carbocycles. The molecule has 0 spiro atoms. The van der Waals surface area contributed by atoms with Crippen molar-refractivity contribution in [3.05, 3.63) is 59.7 Å². The first-order valence-electron chi connectivity index (χ1n) is 8.29. The van der Waals surface area contributed by atoms with Gasteiger partial charge in [-0.2, -0.15) is 0 Å². The molecule has 0 aromatic heterocycles. The predicted molar refractivity (Wildman–Crippen MR) is 97.0 cm³/mol. The Morgan fingerprint density at radius 3 is 2.58 bits per heavy atom. The van der Waals surface area contributed by atoms with E-state index in [0.29, 0.717) is 5.92 Å². The molecule has 2 aromatic rings. The number of ether oxygens (including phenoxy) is 1. The van der Waals surface area contributed by atoms with Crippen LogP contribution in [0.5, 0.6) is 5.75 Å². The van der Waals surface area contributed by atoms with Crippen molar-refractivity contribution in [2.24, 2.45) is 0 Å². The van der Waals surface area contributed by atoms with Gasteiger partial charge in [0, 0.05) is 44.4 Å². The van der Waals surface area contributed by atoms with Crippen LogP contribution in [0.4, 0.5) is 5.69 Å². The predicted octanol–water partition coefficient (Wildman–Crippen LogP) is 3.39. The number of likely N-dealkylation sites (tertiary alicyclic amines) is 1. The average Bonchev–Trinajstić information content (AvgIpc) is 3.11. The second-order valence-electron chi connectivity index (χ2n) is 6.45. The Bertz CT molecular complexity index is 710. The lowest BCUT2D eigenvalue weighted by Crippen LogP contribution is -2.28. The molecule has 1 amide bonds. The van der Waals surface area contributed by atoms with Crippen molar-refractivity contribution in [1.82, 2.24) is 4.90 Å². The van der Waals surface area contributed by atoms with Crippen LogP contribution in [0.1, 0.15) is 28.3 Å². The second-order valence-corrected chi connectivity index (χ2v) is 6.45. The molecule has 4 nitrogen and oxygen atoms in total. The first-order chi connectivity index (χ1) is 11.6. The van der Waals surface area contributed by atoms with E-state index >= 15 is 0 Å². The van der Waals surface area contributed by atoms with Gasteiger partial charge >= 0.3 is 0 Å². The highest BCUT2D eigenvalue weighted by Gasteiger charge is 2.28. The van der Waals surface area contributed by atoms with Gasteiger partial charge in [-0.1, -0.05) is 18.2 Å². The Morgan fingerprint density at radius 1 is 1.17 bits per heavy atom. The van der Waals surface area contributed by atoms with Crippen LogP contribution in [0.2, 0.25) is 0 Å². The largest absolute Gasteiger partial charge is 0.497 e. The summed E-state index contributed by atoms with van der Waals surface area (Å²) in [5.41, 5.74) is 3.08. The Kier molecular flexibility index (Phi) is 4.74. The molecule has 1 unspecified atom stereocenters. The molecule has 2 aromatic carbocycles. The van der Waals surface area contributed by atoms with E-state index < -0.39 is 0 Å². The standard InChI is InChI=1S/C20H24N2O2/c1-21(2)18-6-4-5-16(13-18)20(23)22-12-11-17(14-22)15-7-9-19(24-3)10-8-15/h4-10,13,17H,11-12,14H2,1-3H3. The summed E-state index contributed by atoms with van der Waals surface area (Å²) in [5.74, 6) is 1.39. The number of rotatable bonds is 4. The molecule has 1 saturated heterocycles. The van der Waals surface area contributed by atoms with E-state index in [9.17, 15) is 4.79 Å². The fraction of sp³-hybridized carbons (Fsp3) is 0.350. The number of carbonyl (C=O) groups is 1. The third-order valence-electron chi connectivity index (χ3n) is 4.67. The summed E-state index contributed by atoms with van der Waals surface area (Å²) in [5, 5.41) is 0. The van der Waals surface area contributed by atoms with Gasteiger partial charge in [-0.3, -0.25) is 4.79 Å². The minimum atomic E-state index is 0.120. The van der Waals surface area contributed by atoms with Crippen LogP contribution in [0.3, 0.4) is 0 Å². The molecule has 1 aliphatic heterocycles. The molecular weight excluding hydrogens is 300 g/mol. The monoisotopic (exact) mass is 324 g/mol. The molecule has 24 heavy (non-hydrogen) atoms. The summed E-state index contributed by atoms with van der Waals surface area (Å²) in [6.07, 6.45) is 1.01. The van der Waals surface area contributed by atoms with E-state index in [1.54, 1.807) is 7.11 Å². The van der Waals surface area contributed by atoms with Crippen LogP contribution in [-0.4, -0.2) is 45.1 Å². The number of nitrogens with zero attached hydrogens (tertiary/aromatic N) is 2. The summed E-state index contributed by atoms with van der Waals surface area (Å²) < 4.78 is 5.21. The van der Waals surface area contributed by atoms with E-state index in [-0.39, 0.29) is 5.91 Å². The maximum Gasteiger partial charge on any atom is 0.253 e. The Labute approximate surface area is 143 Å². The lowest BCUT2D eigenvalue weighted by Gasteiger charge is -2.19. The molecule has 1 fully saturated rings. The summed E-state index contributed by atoms with van der Waals surface area (Å²) in [7, 11) is 5.64. The normalized spacial score (nSPS) is 17.0. The second kappa shape index (κ2) is 6.95. The van der Waals surface area contributed by atoms with Gasteiger partial charge in [0.05, 0.1) is 7.11 Å². The van der Waals surface area contributed by atoms with Gasteiger partial charge in [0.25, 0.3) is 5.91 Å². The van der Waals surface area contributed by atoms with Crippen LogP contribution in [0.15, 0.2) is 48.5 Å². The quantitative estimate of drug-likeness (QED) is 0.864. The summed E-state index contributed by atoms with van der Waals surface area (Å²) in [6, 6.07) is 16.0. The highest BCUT2D eigenvalue weighted by atomic mass is 16.5. The summed E-state index contributed by atoms with van der Waals surface area (Å²) in [6.45, 7) is 1.58. The van der Waals surface area contributed by atoms with Gasteiger partial charge in [0.1, 0.15) is 5.75 Å². The van der Waals surface area contributed by atoms with Crippen molar-refractivity contribution in [1.29, 1.82) is 0 Å². The number of anilines is 1. The van der Waals surface area contributed by atoms with E-state index in [1.165, 1.54) is 5.56 Å². The number of carbonyl (C=O) groups excluding carboxylic acids is 1. The van der Waals surface area contributed by atoms with Crippen molar-refractivity contribution in [2.75, 3.05) is 39.2 Å². The highest BCUT2D eigenvalue weighted by molar-refractivity contribution is 5.95. The average molecular weight is 324 g/mol. The molecule has 3 rings (SSSR count).